The average molecular weight is 308 g/mol. The molecule has 1 N–H and O–H groups in total. The Balaban J connectivity index is 1.87. The van der Waals surface area contributed by atoms with Crippen LogP contribution in [0.2, 0.25) is 0 Å². The number of amides is 2. The summed E-state index contributed by atoms with van der Waals surface area (Å²) in [6, 6.07) is 13.0. The first-order chi connectivity index (χ1) is 11.0. The fourth-order valence-electron chi connectivity index (χ4n) is 2.91. The highest BCUT2D eigenvalue weighted by atomic mass is 16.2. The molecule has 4 heteroatoms. The van der Waals surface area contributed by atoms with Crippen molar-refractivity contribution in [2.75, 3.05) is 10.2 Å². The molecule has 1 saturated heterocycles. The fraction of sp³-hybridized carbons (Fsp3) is 0.263. The molecule has 1 atom stereocenters. The lowest BCUT2D eigenvalue weighted by Gasteiger charge is -2.19. The first-order valence-electron chi connectivity index (χ1n) is 7.73. The molecule has 1 aliphatic heterocycles. The van der Waals surface area contributed by atoms with Crippen molar-refractivity contribution in [3.63, 3.8) is 0 Å². The van der Waals surface area contributed by atoms with E-state index < -0.39 is 6.04 Å². The predicted molar refractivity (Wildman–Crippen MR) is 91.6 cm³/mol. The number of hydrogen-bond donors (Lipinski definition) is 1. The highest BCUT2D eigenvalue weighted by Gasteiger charge is 2.40. The van der Waals surface area contributed by atoms with Crippen LogP contribution >= 0.6 is 0 Å². The zero-order valence-corrected chi connectivity index (χ0v) is 13.6. The van der Waals surface area contributed by atoms with Gasteiger partial charge in [0, 0.05) is 5.69 Å². The summed E-state index contributed by atoms with van der Waals surface area (Å²) in [5.41, 5.74) is 4.69. The van der Waals surface area contributed by atoms with Crippen molar-refractivity contribution in [3.8, 4) is 0 Å². The highest BCUT2D eigenvalue weighted by Crippen LogP contribution is 2.29. The number of carbonyl (C=O) groups is 2. The molecule has 1 heterocycles. The highest BCUT2D eigenvalue weighted by molar-refractivity contribution is 6.23. The van der Waals surface area contributed by atoms with Crippen LogP contribution < -0.4 is 10.2 Å². The Kier molecular flexibility index (Phi) is 3.90. The standard InChI is InChI=1S/C19H20N2O2/c1-12-6-4-8-15(10-12)20-16-11-18(22)21(19(16)23)17-9-5-7-13(2)14(17)3/h4-10,16,20H,11H2,1-3H3. The second-order valence-corrected chi connectivity index (χ2v) is 6.06. The average Bonchev–Trinajstić information content (AvgIpc) is 2.77. The molecule has 0 spiro atoms. The van der Waals surface area contributed by atoms with Gasteiger partial charge < -0.3 is 5.32 Å². The minimum atomic E-state index is -0.510. The van der Waals surface area contributed by atoms with Gasteiger partial charge in [-0.15, -0.1) is 0 Å². The maximum absolute atomic E-state index is 12.7. The number of rotatable bonds is 3. The number of benzene rings is 2. The molecule has 23 heavy (non-hydrogen) atoms. The number of nitrogens with one attached hydrogen (secondary N) is 1. The monoisotopic (exact) mass is 308 g/mol. The molecule has 4 nitrogen and oxygen atoms in total. The van der Waals surface area contributed by atoms with Crippen molar-refractivity contribution in [1.29, 1.82) is 0 Å². The Morgan fingerprint density at radius 1 is 1.04 bits per heavy atom. The van der Waals surface area contributed by atoms with Gasteiger partial charge in [0.25, 0.3) is 5.91 Å². The Morgan fingerprint density at radius 2 is 1.78 bits per heavy atom. The summed E-state index contributed by atoms with van der Waals surface area (Å²) in [5.74, 6) is -0.348. The molecule has 0 saturated carbocycles. The lowest BCUT2D eigenvalue weighted by atomic mass is 10.1. The van der Waals surface area contributed by atoms with Crippen LogP contribution in [0.25, 0.3) is 0 Å². The third kappa shape index (κ3) is 2.84. The molecule has 2 amide bonds. The van der Waals surface area contributed by atoms with Crippen LogP contribution in [-0.4, -0.2) is 17.9 Å². The number of nitrogens with zero attached hydrogens (tertiary/aromatic N) is 1. The SMILES string of the molecule is Cc1cccc(NC2CC(=O)N(c3cccc(C)c3C)C2=O)c1. The minimum absolute atomic E-state index is 0.158. The van der Waals surface area contributed by atoms with Gasteiger partial charge in [-0.25, -0.2) is 4.90 Å². The molecule has 0 bridgehead atoms. The first-order valence-corrected chi connectivity index (χ1v) is 7.73. The van der Waals surface area contributed by atoms with Crippen molar-refractivity contribution in [3.05, 3.63) is 59.2 Å². The van der Waals surface area contributed by atoms with Gasteiger partial charge in [0.2, 0.25) is 5.91 Å². The van der Waals surface area contributed by atoms with Crippen molar-refractivity contribution in [2.45, 2.75) is 33.2 Å². The molecule has 1 aliphatic rings. The summed E-state index contributed by atoms with van der Waals surface area (Å²) in [5, 5.41) is 3.18. The van der Waals surface area contributed by atoms with E-state index in [1.54, 1.807) is 0 Å². The van der Waals surface area contributed by atoms with Gasteiger partial charge in [0.05, 0.1) is 12.1 Å². The second kappa shape index (κ2) is 5.88. The lowest BCUT2D eigenvalue weighted by Crippen LogP contribution is -2.35. The van der Waals surface area contributed by atoms with Gasteiger partial charge in [-0.05, 0) is 55.7 Å². The summed E-state index contributed by atoms with van der Waals surface area (Å²) < 4.78 is 0. The summed E-state index contributed by atoms with van der Waals surface area (Å²) in [4.78, 5) is 26.4. The molecule has 118 valence electrons. The maximum atomic E-state index is 12.7. The summed E-state index contributed by atoms with van der Waals surface area (Å²) >= 11 is 0. The summed E-state index contributed by atoms with van der Waals surface area (Å²) in [6.07, 6.45) is 0.181. The number of imide groups is 1. The van der Waals surface area contributed by atoms with Gasteiger partial charge in [0.1, 0.15) is 6.04 Å². The van der Waals surface area contributed by atoms with Crippen LogP contribution in [0.15, 0.2) is 42.5 Å². The molecular formula is C19H20N2O2. The molecule has 2 aromatic rings. The third-order valence-electron chi connectivity index (χ3n) is 4.32. The van der Waals surface area contributed by atoms with Crippen molar-refractivity contribution in [1.82, 2.24) is 0 Å². The van der Waals surface area contributed by atoms with E-state index in [0.717, 1.165) is 22.4 Å². The van der Waals surface area contributed by atoms with Crippen molar-refractivity contribution in [2.24, 2.45) is 0 Å². The van der Waals surface area contributed by atoms with E-state index in [1.807, 2.05) is 63.2 Å². The Labute approximate surface area is 136 Å². The van der Waals surface area contributed by atoms with Crippen molar-refractivity contribution >= 4 is 23.2 Å². The van der Waals surface area contributed by atoms with Gasteiger partial charge in [-0.3, -0.25) is 9.59 Å². The zero-order chi connectivity index (χ0) is 16.6. The second-order valence-electron chi connectivity index (χ2n) is 6.06. The molecular weight excluding hydrogens is 288 g/mol. The number of carbonyl (C=O) groups excluding carboxylic acids is 2. The predicted octanol–water partition coefficient (Wildman–Crippen LogP) is 3.36. The van der Waals surface area contributed by atoms with E-state index >= 15 is 0 Å². The van der Waals surface area contributed by atoms with Crippen LogP contribution in [-0.2, 0) is 9.59 Å². The summed E-state index contributed by atoms with van der Waals surface area (Å²) in [7, 11) is 0. The van der Waals surface area contributed by atoms with Crippen molar-refractivity contribution < 1.29 is 9.59 Å². The zero-order valence-electron chi connectivity index (χ0n) is 13.6. The molecule has 0 aliphatic carbocycles. The number of anilines is 2. The molecule has 0 aromatic heterocycles. The molecule has 2 aromatic carbocycles. The van der Waals surface area contributed by atoms with Gasteiger partial charge in [0.15, 0.2) is 0 Å². The minimum Gasteiger partial charge on any atom is -0.373 e. The normalized spacial score (nSPS) is 17.7. The number of hydrogen-bond acceptors (Lipinski definition) is 3. The maximum Gasteiger partial charge on any atom is 0.256 e. The molecule has 3 rings (SSSR count). The first kappa shape index (κ1) is 15.3. The number of aryl methyl sites for hydroxylation is 2. The van der Waals surface area contributed by atoms with Crippen LogP contribution in [0.3, 0.4) is 0 Å². The van der Waals surface area contributed by atoms with Crippen LogP contribution in [0, 0.1) is 20.8 Å². The Hall–Kier alpha value is -2.62. The molecule has 0 radical (unpaired) electrons. The largest absolute Gasteiger partial charge is 0.373 e. The van der Waals surface area contributed by atoms with E-state index in [-0.39, 0.29) is 18.2 Å². The van der Waals surface area contributed by atoms with Gasteiger partial charge in [-0.2, -0.15) is 0 Å². The van der Waals surface area contributed by atoms with Gasteiger partial charge >= 0.3 is 0 Å². The van der Waals surface area contributed by atoms with E-state index in [9.17, 15) is 9.59 Å². The van der Waals surface area contributed by atoms with Gasteiger partial charge in [-0.1, -0.05) is 24.3 Å². The third-order valence-corrected chi connectivity index (χ3v) is 4.32. The lowest BCUT2D eigenvalue weighted by molar-refractivity contribution is -0.121. The van der Waals surface area contributed by atoms with E-state index in [4.69, 9.17) is 0 Å². The smallest absolute Gasteiger partial charge is 0.256 e. The van der Waals surface area contributed by atoms with E-state index in [2.05, 4.69) is 5.32 Å². The Morgan fingerprint density at radius 3 is 2.52 bits per heavy atom. The quantitative estimate of drug-likeness (QED) is 0.885. The van der Waals surface area contributed by atoms with Crippen LogP contribution in [0.5, 0.6) is 0 Å². The molecule has 1 unspecified atom stereocenters. The van der Waals surface area contributed by atoms with Crippen LogP contribution in [0.1, 0.15) is 23.1 Å². The van der Waals surface area contributed by atoms with Crippen LogP contribution in [0.4, 0.5) is 11.4 Å². The Bertz CT molecular complexity index is 783. The van der Waals surface area contributed by atoms with E-state index in [1.165, 1.54) is 4.90 Å². The molecule has 1 fully saturated rings. The fourth-order valence-corrected chi connectivity index (χ4v) is 2.91. The van der Waals surface area contributed by atoms with E-state index in [0.29, 0.717) is 5.69 Å². The summed E-state index contributed by atoms with van der Waals surface area (Å²) in [6.45, 7) is 5.91. The topological polar surface area (TPSA) is 49.4 Å².